The summed E-state index contributed by atoms with van der Waals surface area (Å²) in [6, 6.07) is 24.2. The Balaban J connectivity index is 1.93. The minimum atomic E-state index is -3.93. The lowest BCUT2D eigenvalue weighted by Crippen LogP contribution is -2.13. The van der Waals surface area contributed by atoms with Crippen LogP contribution < -0.4 is 5.14 Å². The van der Waals surface area contributed by atoms with Gasteiger partial charge in [-0.05, 0) is 30.2 Å². The quantitative estimate of drug-likeness (QED) is 0.528. The largest absolute Gasteiger partial charge is 0.440 e. The van der Waals surface area contributed by atoms with Crippen molar-refractivity contribution in [3.05, 3.63) is 95.9 Å². The van der Waals surface area contributed by atoms with E-state index in [1.165, 1.54) is 6.07 Å². The first kappa shape index (κ1) is 19.1. The van der Waals surface area contributed by atoms with Gasteiger partial charge in [-0.3, -0.25) is 0 Å². The molecule has 4 rings (SSSR count). The van der Waals surface area contributed by atoms with E-state index in [2.05, 4.69) is 0 Å². The molecule has 1 aromatic heterocycles. The van der Waals surface area contributed by atoms with Gasteiger partial charge in [0.2, 0.25) is 10.0 Å². The topological polar surface area (TPSA) is 86.2 Å². The van der Waals surface area contributed by atoms with E-state index in [4.69, 9.17) is 14.5 Å². The van der Waals surface area contributed by atoms with Crippen molar-refractivity contribution in [1.82, 2.24) is 4.98 Å². The van der Waals surface area contributed by atoms with E-state index < -0.39 is 10.0 Å². The minimum absolute atomic E-state index is 0.0113. The SMILES string of the molecule is Cc1ccccc1-c1nc(Cc2ccccc2)oc1-c1ccccc1S(N)(=O)=O. The first-order valence-electron chi connectivity index (χ1n) is 9.15. The van der Waals surface area contributed by atoms with Crippen molar-refractivity contribution >= 4 is 10.0 Å². The van der Waals surface area contributed by atoms with Crippen LogP contribution in [0.15, 0.2) is 88.2 Å². The second-order valence-electron chi connectivity index (χ2n) is 6.80. The van der Waals surface area contributed by atoms with Gasteiger partial charge in [0.25, 0.3) is 0 Å². The van der Waals surface area contributed by atoms with Gasteiger partial charge >= 0.3 is 0 Å². The number of sulfonamides is 1. The van der Waals surface area contributed by atoms with Gasteiger partial charge in [-0.2, -0.15) is 0 Å². The number of primary sulfonamides is 1. The van der Waals surface area contributed by atoms with Crippen LogP contribution >= 0.6 is 0 Å². The molecular formula is C23H20N2O3S. The maximum Gasteiger partial charge on any atom is 0.238 e. The highest BCUT2D eigenvalue weighted by atomic mass is 32.2. The predicted molar refractivity (Wildman–Crippen MR) is 113 cm³/mol. The zero-order valence-electron chi connectivity index (χ0n) is 15.9. The molecule has 5 nitrogen and oxygen atoms in total. The molecule has 29 heavy (non-hydrogen) atoms. The Labute approximate surface area is 169 Å². The fourth-order valence-electron chi connectivity index (χ4n) is 3.32. The lowest BCUT2D eigenvalue weighted by atomic mass is 10.0. The van der Waals surface area contributed by atoms with E-state index in [1.807, 2.05) is 61.5 Å². The van der Waals surface area contributed by atoms with E-state index in [0.717, 1.165) is 16.7 Å². The Kier molecular flexibility index (Phi) is 5.05. The molecule has 0 unspecified atom stereocenters. The third-order valence-electron chi connectivity index (χ3n) is 4.71. The van der Waals surface area contributed by atoms with E-state index in [-0.39, 0.29) is 4.90 Å². The summed E-state index contributed by atoms with van der Waals surface area (Å²) in [5.41, 5.74) is 3.96. The molecule has 6 heteroatoms. The molecule has 0 aliphatic rings. The van der Waals surface area contributed by atoms with Crippen LogP contribution in [-0.2, 0) is 16.4 Å². The third-order valence-corrected chi connectivity index (χ3v) is 5.68. The maximum absolute atomic E-state index is 12.2. The van der Waals surface area contributed by atoms with Gasteiger partial charge in [0, 0.05) is 17.5 Å². The minimum Gasteiger partial charge on any atom is -0.440 e. The van der Waals surface area contributed by atoms with Gasteiger partial charge in [0.05, 0.1) is 4.90 Å². The molecule has 0 aliphatic heterocycles. The van der Waals surface area contributed by atoms with E-state index in [0.29, 0.717) is 29.3 Å². The summed E-state index contributed by atoms with van der Waals surface area (Å²) in [6.07, 6.45) is 0.497. The molecule has 146 valence electrons. The summed E-state index contributed by atoms with van der Waals surface area (Å²) < 4.78 is 30.4. The average Bonchev–Trinajstić information content (AvgIpc) is 3.12. The zero-order chi connectivity index (χ0) is 20.4. The highest BCUT2D eigenvalue weighted by molar-refractivity contribution is 7.89. The molecule has 0 atom stereocenters. The second-order valence-corrected chi connectivity index (χ2v) is 8.33. The fourth-order valence-corrected chi connectivity index (χ4v) is 4.05. The Morgan fingerprint density at radius 3 is 2.17 bits per heavy atom. The summed E-state index contributed by atoms with van der Waals surface area (Å²) in [7, 11) is -3.93. The summed E-state index contributed by atoms with van der Waals surface area (Å²) in [5, 5.41) is 5.45. The second kappa shape index (κ2) is 7.66. The molecule has 3 aromatic carbocycles. The summed E-state index contributed by atoms with van der Waals surface area (Å²) in [5.74, 6) is 0.906. The zero-order valence-corrected chi connectivity index (χ0v) is 16.7. The molecule has 0 saturated heterocycles. The molecule has 4 aromatic rings. The van der Waals surface area contributed by atoms with Gasteiger partial charge in [-0.15, -0.1) is 0 Å². The Hall–Kier alpha value is -3.22. The molecule has 0 saturated carbocycles. The van der Waals surface area contributed by atoms with Gasteiger partial charge in [-0.1, -0.05) is 66.7 Å². The Morgan fingerprint density at radius 1 is 0.862 bits per heavy atom. The van der Waals surface area contributed by atoms with Crippen molar-refractivity contribution in [2.45, 2.75) is 18.2 Å². The van der Waals surface area contributed by atoms with Gasteiger partial charge in [-0.25, -0.2) is 18.5 Å². The lowest BCUT2D eigenvalue weighted by molar-refractivity contribution is 0.518. The predicted octanol–water partition coefficient (Wildman–Crippen LogP) is 4.56. The van der Waals surface area contributed by atoms with Crippen LogP contribution in [0.3, 0.4) is 0 Å². The first-order chi connectivity index (χ1) is 13.9. The van der Waals surface area contributed by atoms with Crippen LogP contribution in [0, 0.1) is 6.92 Å². The van der Waals surface area contributed by atoms with Crippen molar-refractivity contribution in [2.24, 2.45) is 5.14 Å². The van der Waals surface area contributed by atoms with Crippen molar-refractivity contribution in [3.63, 3.8) is 0 Å². The number of hydrogen-bond acceptors (Lipinski definition) is 4. The van der Waals surface area contributed by atoms with Crippen LogP contribution in [0.2, 0.25) is 0 Å². The number of rotatable bonds is 5. The number of nitrogens with zero attached hydrogens (tertiary/aromatic N) is 1. The standard InChI is InChI=1S/C23H20N2O3S/c1-16-9-5-6-12-18(16)22-23(19-13-7-8-14-20(19)29(24,26)27)28-21(25-22)15-17-10-3-2-4-11-17/h2-14H,15H2,1H3,(H2,24,26,27). The number of benzene rings is 3. The molecule has 1 heterocycles. The fraction of sp³-hybridized carbons (Fsp3) is 0.0870. The van der Waals surface area contributed by atoms with Crippen molar-refractivity contribution in [2.75, 3.05) is 0 Å². The molecule has 2 N–H and O–H groups in total. The number of aryl methyl sites for hydroxylation is 1. The number of aromatic nitrogens is 1. The molecule has 0 bridgehead atoms. The van der Waals surface area contributed by atoms with Gasteiger partial charge in [0.1, 0.15) is 5.69 Å². The Morgan fingerprint density at radius 2 is 1.48 bits per heavy atom. The van der Waals surface area contributed by atoms with E-state index >= 15 is 0 Å². The lowest BCUT2D eigenvalue weighted by Gasteiger charge is -2.08. The van der Waals surface area contributed by atoms with Crippen LogP contribution in [-0.4, -0.2) is 13.4 Å². The number of hydrogen-bond donors (Lipinski definition) is 1. The Bertz CT molecular complexity index is 1260. The molecule has 0 spiro atoms. The van der Waals surface area contributed by atoms with E-state index in [9.17, 15) is 8.42 Å². The highest BCUT2D eigenvalue weighted by Gasteiger charge is 2.23. The van der Waals surface area contributed by atoms with Crippen molar-refractivity contribution < 1.29 is 12.8 Å². The normalized spacial score (nSPS) is 11.5. The molecule has 0 amide bonds. The summed E-state index contributed by atoms with van der Waals surface area (Å²) in [4.78, 5) is 4.75. The third kappa shape index (κ3) is 3.99. The highest BCUT2D eigenvalue weighted by Crippen LogP contribution is 2.37. The van der Waals surface area contributed by atoms with Crippen LogP contribution in [0.4, 0.5) is 0 Å². The first-order valence-corrected chi connectivity index (χ1v) is 10.7. The summed E-state index contributed by atoms with van der Waals surface area (Å²) in [6.45, 7) is 1.98. The van der Waals surface area contributed by atoms with E-state index in [1.54, 1.807) is 18.2 Å². The van der Waals surface area contributed by atoms with Crippen LogP contribution in [0.5, 0.6) is 0 Å². The monoisotopic (exact) mass is 404 g/mol. The molecular weight excluding hydrogens is 384 g/mol. The molecule has 0 radical (unpaired) electrons. The summed E-state index contributed by atoms with van der Waals surface area (Å²) >= 11 is 0. The van der Waals surface area contributed by atoms with Crippen LogP contribution in [0.1, 0.15) is 17.0 Å². The van der Waals surface area contributed by atoms with Crippen molar-refractivity contribution in [1.29, 1.82) is 0 Å². The molecule has 0 aliphatic carbocycles. The number of oxazole rings is 1. The molecule has 0 fully saturated rings. The maximum atomic E-state index is 12.2. The van der Waals surface area contributed by atoms with Crippen LogP contribution in [0.25, 0.3) is 22.6 Å². The van der Waals surface area contributed by atoms with Gasteiger partial charge < -0.3 is 4.42 Å². The van der Waals surface area contributed by atoms with Crippen molar-refractivity contribution in [3.8, 4) is 22.6 Å². The average molecular weight is 404 g/mol. The number of nitrogens with two attached hydrogens (primary N) is 1. The smallest absolute Gasteiger partial charge is 0.238 e. The van der Waals surface area contributed by atoms with Gasteiger partial charge in [0.15, 0.2) is 11.7 Å².